The van der Waals surface area contributed by atoms with E-state index in [0.717, 1.165) is 5.69 Å². The van der Waals surface area contributed by atoms with E-state index in [-0.39, 0.29) is 19.3 Å². The molecular weight excluding hydrogens is 336 g/mol. The van der Waals surface area contributed by atoms with Crippen molar-refractivity contribution in [3.05, 3.63) is 53.1 Å². The first-order valence-electron chi connectivity index (χ1n) is 8.45. The number of hydrogen-bond donors (Lipinski definition) is 0. The summed E-state index contributed by atoms with van der Waals surface area (Å²) < 4.78 is 15.9. The summed E-state index contributed by atoms with van der Waals surface area (Å²) in [7, 11) is 0. The lowest BCUT2D eigenvalue weighted by Crippen LogP contribution is -2.18. The Morgan fingerprint density at radius 2 is 1.96 bits per heavy atom. The van der Waals surface area contributed by atoms with Crippen molar-refractivity contribution < 1.29 is 23.8 Å². The molecule has 0 spiro atoms. The molecule has 2 aromatic rings. The van der Waals surface area contributed by atoms with E-state index in [1.165, 1.54) is 16.7 Å². The molecule has 0 aliphatic rings. The highest BCUT2D eigenvalue weighted by Crippen LogP contribution is 2.27. The number of hydrogen-bond acceptors (Lipinski definition) is 6. The molecule has 1 aromatic heterocycles. The van der Waals surface area contributed by atoms with Crippen molar-refractivity contribution in [2.24, 2.45) is 0 Å². The summed E-state index contributed by atoms with van der Waals surface area (Å²) in [6, 6.07) is 6.21. The van der Waals surface area contributed by atoms with Crippen LogP contribution in [0.5, 0.6) is 0 Å². The minimum atomic E-state index is -0.934. The molecule has 7 heteroatoms. The number of nitrogens with zero attached hydrogens (tertiary/aromatic N) is 2. The zero-order valence-electron chi connectivity index (χ0n) is 15.5. The molecule has 1 atom stereocenters. The smallest absolute Gasteiger partial charge is 0.463 e. The molecule has 0 aliphatic heterocycles. The summed E-state index contributed by atoms with van der Waals surface area (Å²) in [6.45, 7) is 7.66. The maximum absolute atomic E-state index is 11.5. The van der Waals surface area contributed by atoms with Gasteiger partial charge in [0.1, 0.15) is 0 Å². The van der Waals surface area contributed by atoms with Gasteiger partial charge >= 0.3 is 12.1 Å². The minimum Gasteiger partial charge on any atom is -0.463 e. The van der Waals surface area contributed by atoms with E-state index in [9.17, 15) is 9.59 Å². The summed E-state index contributed by atoms with van der Waals surface area (Å²) in [4.78, 5) is 27.0. The molecule has 0 saturated heterocycles. The van der Waals surface area contributed by atoms with Crippen LogP contribution in [0.4, 0.5) is 4.79 Å². The van der Waals surface area contributed by atoms with Crippen LogP contribution in [0.3, 0.4) is 0 Å². The quantitative estimate of drug-likeness (QED) is 0.705. The Kier molecular flexibility index (Phi) is 6.77. The maximum Gasteiger partial charge on any atom is 0.510 e. The Morgan fingerprint density at radius 3 is 2.69 bits per heavy atom. The number of aryl methyl sites for hydroxylation is 1. The molecule has 0 unspecified atom stereocenters. The normalized spacial score (nSPS) is 11.7. The molecule has 0 aliphatic carbocycles. The third-order valence-corrected chi connectivity index (χ3v) is 4.15. The van der Waals surface area contributed by atoms with Crippen LogP contribution in [0.1, 0.15) is 42.1 Å². The van der Waals surface area contributed by atoms with Crippen molar-refractivity contribution >= 4 is 12.1 Å². The van der Waals surface area contributed by atoms with Crippen LogP contribution >= 0.6 is 0 Å². The summed E-state index contributed by atoms with van der Waals surface area (Å²) in [5, 5.41) is 0. The number of esters is 1. The highest BCUT2D eigenvalue weighted by Gasteiger charge is 2.15. The lowest BCUT2D eigenvalue weighted by Gasteiger charge is -2.14. The van der Waals surface area contributed by atoms with Gasteiger partial charge in [0.15, 0.2) is 13.3 Å². The van der Waals surface area contributed by atoms with Gasteiger partial charge in [0.05, 0.1) is 18.6 Å². The predicted molar refractivity (Wildman–Crippen MR) is 94.7 cm³/mol. The highest BCUT2D eigenvalue weighted by atomic mass is 16.7. The average molecular weight is 360 g/mol. The van der Waals surface area contributed by atoms with Crippen molar-refractivity contribution in [3.8, 4) is 0 Å². The van der Waals surface area contributed by atoms with Gasteiger partial charge in [-0.1, -0.05) is 25.1 Å². The van der Waals surface area contributed by atoms with E-state index in [0.29, 0.717) is 0 Å². The SMILES string of the molecule is CCOC(=O)COC(=O)OCn1cnc([C@@H](C)c2cccc(C)c2C)c1. The largest absolute Gasteiger partial charge is 0.510 e. The molecule has 0 fully saturated rings. The second kappa shape index (κ2) is 9.03. The molecule has 7 nitrogen and oxygen atoms in total. The van der Waals surface area contributed by atoms with E-state index in [2.05, 4.69) is 47.4 Å². The standard InChI is InChI=1S/C19H24N2O5/c1-5-24-18(22)10-25-19(23)26-12-21-9-17(20-11-21)15(4)16-8-6-7-13(2)14(16)3/h6-9,11,15H,5,10,12H2,1-4H3/t15-/m0/s1. The van der Waals surface area contributed by atoms with E-state index >= 15 is 0 Å². The Hall–Kier alpha value is -2.83. The van der Waals surface area contributed by atoms with Crippen LogP contribution in [0.15, 0.2) is 30.7 Å². The van der Waals surface area contributed by atoms with Crippen LogP contribution in [-0.4, -0.2) is 34.9 Å². The van der Waals surface area contributed by atoms with Gasteiger partial charge in [-0.15, -0.1) is 0 Å². The molecule has 0 bridgehead atoms. The molecule has 0 radical (unpaired) electrons. The van der Waals surface area contributed by atoms with Gasteiger partial charge in [-0.3, -0.25) is 0 Å². The fourth-order valence-corrected chi connectivity index (χ4v) is 2.56. The number of carbonyl (C=O) groups is 2. The first-order valence-corrected chi connectivity index (χ1v) is 8.45. The predicted octanol–water partition coefficient (Wildman–Crippen LogP) is 3.33. The zero-order chi connectivity index (χ0) is 19.1. The highest BCUT2D eigenvalue weighted by molar-refractivity contribution is 5.73. The van der Waals surface area contributed by atoms with Crippen molar-refractivity contribution in [2.75, 3.05) is 13.2 Å². The second-order valence-electron chi connectivity index (χ2n) is 5.94. The first-order chi connectivity index (χ1) is 12.4. The van der Waals surface area contributed by atoms with Gasteiger partial charge < -0.3 is 18.8 Å². The molecule has 1 heterocycles. The van der Waals surface area contributed by atoms with Crippen molar-refractivity contribution in [3.63, 3.8) is 0 Å². The van der Waals surface area contributed by atoms with Gasteiger partial charge in [-0.05, 0) is 37.5 Å². The van der Waals surface area contributed by atoms with E-state index in [1.54, 1.807) is 17.8 Å². The Morgan fingerprint density at radius 1 is 1.19 bits per heavy atom. The number of aromatic nitrogens is 2. The molecule has 2 rings (SSSR count). The van der Waals surface area contributed by atoms with Crippen LogP contribution in [-0.2, 0) is 25.7 Å². The molecule has 0 amide bonds. The number of ether oxygens (including phenoxy) is 3. The monoisotopic (exact) mass is 360 g/mol. The molecule has 26 heavy (non-hydrogen) atoms. The molecular formula is C19H24N2O5. The fourth-order valence-electron chi connectivity index (χ4n) is 2.56. The number of imidazole rings is 1. The average Bonchev–Trinajstić information content (AvgIpc) is 3.09. The van der Waals surface area contributed by atoms with Gasteiger partial charge in [0.25, 0.3) is 0 Å². The Balaban J connectivity index is 1.90. The van der Waals surface area contributed by atoms with Gasteiger partial charge in [0, 0.05) is 12.1 Å². The van der Waals surface area contributed by atoms with Gasteiger partial charge in [-0.25, -0.2) is 14.6 Å². The number of rotatable bonds is 7. The van der Waals surface area contributed by atoms with Gasteiger partial charge in [0.2, 0.25) is 0 Å². The fraction of sp³-hybridized carbons (Fsp3) is 0.421. The number of carbonyl (C=O) groups excluding carboxylic acids is 2. The third kappa shape index (κ3) is 5.08. The molecule has 1 aromatic carbocycles. The zero-order valence-corrected chi connectivity index (χ0v) is 15.5. The van der Waals surface area contributed by atoms with Crippen LogP contribution < -0.4 is 0 Å². The molecule has 140 valence electrons. The van der Waals surface area contributed by atoms with Crippen molar-refractivity contribution in [1.29, 1.82) is 0 Å². The second-order valence-corrected chi connectivity index (χ2v) is 5.94. The van der Waals surface area contributed by atoms with Crippen molar-refractivity contribution in [1.82, 2.24) is 9.55 Å². The summed E-state index contributed by atoms with van der Waals surface area (Å²) in [6.07, 6.45) is 2.48. The first kappa shape index (κ1) is 19.5. The van der Waals surface area contributed by atoms with Gasteiger partial charge in [-0.2, -0.15) is 0 Å². The Bertz CT molecular complexity index is 769. The Labute approximate surface area is 152 Å². The lowest BCUT2D eigenvalue weighted by atomic mass is 9.92. The lowest BCUT2D eigenvalue weighted by molar-refractivity contribution is -0.147. The van der Waals surface area contributed by atoms with Crippen LogP contribution in [0.25, 0.3) is 0 Å². The van der Waals surface area contributed by atoms with Crippen LogP contribution in [0, 0.1) is 13.8 Å². The summed E-state index contributed by atoms with van der Waals surface area (Å²) >= 11 is 0. The van der Waals surface area contributed by atoms with E-state index in [4.69, 9.17) is 4.74 Å². The summed E-state index contributed by atoms with van der Waals surface area (Å²) in [5.74, 6) is -0.497. The van der Waals surface area contributed by atoms with Crippen molar-refractivity contribution in [2.45, 2.75) is 40.3 Å². The molecule has 0 saturated carbocycles. The topological polar surface area (TPSA) is 79.6 Å². The number of benzene rings is 1. The van der Waals surface area contributed by atoms with E-state index < -0.39 is 18.7 Å². The summed E-state index contributed by atoms with van der Waals surface area (Å²) in [5.41, 5.74) is 4.57. The minimum absolute atomic E-state index is 0.0474. The maximum atomic E-state index is 11.5. The van der Waals surface area contributed by atoms with E-state index in [1.807, 2.05) is 12.3 Å². The molecule has 0 N–H and O–H groups in total. The third-order valence-electron chi connectivity index (χ3n) is 4.15. The van der Waals surface area contributed by atoms with Crippen LogP contribution in [0.2, 0.25) is 0 Å².